The van der Waals surface area contributed by atoms with Crippen LogP contribution >= 0.6 is 0 Å². The Bertz CT molecular complexity index is 1120. The summed E-state index contributed by atoms with van der Waals surface area (Å²) in [6, 6.07) is 1.22. The topological polar surface area (TPSA) is 58.4 Å². The van der Waals surface area contributed by atoms with Crippen LogP contribution in [0.2, 0.25) is 0 Å². The summed E-state index contributed by atoms with van der Waals surface area (Å²) in [7, 11) is 0. The number of carbonyl (C=O) groups is 1. The highest BCUT2D eigenvalue weighted by Crippen LogP contribution is 2.46. The third-order valence-corrected chi connectivity index (χ3v) is 6.41. The van der Waals surface area contributed by atoms with Crippen LogP contribution in [0.5, 0.6) is 0 Å². The maximum Gasteiger partial charge on any atom is 0.416 e. The first-order valence-electron chi connectivity index (χ1n) is 10.9. The van der Waals surface area contributed by atoms with Crippen molar-refractivity contribution in [1.29, 1.82) is 0 Å². The van der Waals surface area contributed by atoms with Gasteiger partial charge in [-0.2, -0.15) is 39.5 Å². The van der Waals surface area contributed by atoms with E-state index in [0.717, 1.165) is 29.9 Å². The second-order valence-electron chi connectivity index (χ2n) is 9.02. The van der Waals surface area contributed by atoms with Gasteiger partial charge in [0, 0.05) is 18.3 Å². The third kappa shape index (κ3) is 5.49. The van der Waals surface area contributed by atoms with Crippen LogP contribution in [0.25, 0.3) is 0 Å². The number of halogens is 9. The van der Waals surface area contributed by atoms with E-state index in [0.29, 0.717) is 17.8 Å². The molecule has 2 aromatic carbocycles. The number of nitrogens with two attached hydrogens (primary N) is 1. The molecule has 0 radical (unpaired) electrons. The third-order valence-electron chi connectivity index (χ3n) is 6.41. The fourth-order valence-corrected chi connectivity index (χ4v) is 4.53. The molecule has 1 saturated carbocycles. The molecule has 2 atom stereocenters. The van der Waals surface area contributed by atoms with Gasteiger partial charge in [-0.15, -0.1) is 0 Å². The fourth-order valence-electron chi connectivity index (χ4n) is 4.53. The Morgan fingerprint density at radius 1 is 0.861 bits per heavy atom. The van der Waals surface area contributed by atoms with Crippen LogP contribution < -0.4 is 11.1 Å². The number of amides is 2. The Morgan fingerprint density at radius 3 is 1.89 bits per heavy atom. The molecule has 2 aliphatic rings. The molecular formula is C23H20F9N3O. The monoisotopic (exact) mass is 525 g/mol. The van der Waals surface area contributed by atoms with Gasteiger partial charge in [0.15, 0.2) is 0 Å². The van der Waals surface area contributed by atoms with E-state index in [1.54, 1.807) is 0 Å². The fraction of sp³-hybridized carbons (Fsp3) is 0.435. The van der Waals surface area contributed by atoms with Crippen LogP contribution in [-0.4, -0.2) is 17.0 Å². The molecule has 0 spiro atoms. The summed E-state index contributed by atoms with van der Waals surface area (Å²) < 4.78 is 120. The molecular weight excluding hydrogens is 505 g/mol. The van der Waals surface area contributed by atoms with Crippen LogP contribution in [0.3, 0.4) is 0 Å². The van der Waals surface area contributed by atoms with E-state index < -0.39 is 59.4 Å². The average Bonchev–Trinajstić information content (AvgIpc) is 3.59. The van der Waals surface area contributed by atoms with Crippen LogP contribution in [-0.2, 0) is 25.1 Å². The Kier molecular flexibility index (Phi) is 6.32. The van der Waals surface area contributed by atoms with Crippen LogP contribution in [0.1, 0.15) is 53.1 Å². The maximum absolute atomic E-state index is 13.4. The highest BCUT2D eigenvalue weighted by molar-refractivity contribution is 5.74. The van der Waals surface area contributed by atoms with Crippen molar-refractivity contribution >= 4 is 11.7 Å². The zero-order chi connectivity index (χ0) is 26.6. The van der Waals surface area contributed by atoms with Crippen molar-refractivity contribution in [3.05, 3.63) is 64.2 Å². The number of rotatable bonds is 4. The van der Waals surface area contributed by atoms with E-state index in [1.807, 2.05) is 0 Å². The van der Waals surface area contributed by atoms with Gasteiger partial charge in [0.05, 0.1) is 22.7 Å². The van der Waals surface area contributed by atoms with Crippen molar-refractivity contribution in [3.63, 3.8) is 0 Å². The quantitative estimate of drug-likeness (QED) is 0.424. The standard InChI is InChI=1S/C23H20F9N3O/c24-21(25,26)13-3-4-17-16(8-13)19(9-18(34-17)12-1-2-12)35(20(33)36)10-11-5-14(22(27,28)29)7-15(6-11)23(30,31)32/h3-8,12,18-19,34H,1-2,9-10H2,(H2,33,36)/t18-,19-/m0/s1. The first-order valence-corrected chi connectivity index (χ1v) is 10.9. The number of primary amides is 1. The van der Waals surface area contributed by atoms with Gasteiger partial charge in [-0.05, 0) is 72.7 Å². The first kappa shape index (κ1) is 26.0. The first-order chi connectivity index (χ1) is 16.5. The van der Waals surface area contributed by atoms with Gasteiger partial charge in [0.1, 0.15) is 0 Å². The summed E-state index contributed by atoms with van der Waals surface area (Å²) in [6.45, 7) is -0.764. The summed E-state index contributed by atoms with van der Waals surface area (Å²) in [6.07, 6.45) is -13.2. The Balaban J connectivity index is 1.78. The number of hydrogen-bond acceptors (Lipinski definition) is 2. The molecule has 36 heavy (non-hydrogen) atoms. The summed E-state index contributed by atoms with van der Waals surface area (Å²) >= 11 is 0. The normalized spacial score (nSPS) is 20.5. The molecule has 4 rings (SSSR count). The van der Waals surface area contributed by atoms with Crippen molar-refractivity contribution in [2.75, 3.05) is 5.32 Å². The van der Waals surface area contributed by atoms with E-state index in [1.165, 1.54) is 6.07 Å². The van der Waals surface area contributed by atoms with Crippen molar-refractivity contribution in [2.24, 2.45) is 11.7 Å². The molecule has 2 amide bonds. The molecule has 1 fully saturated rings. The molecule has 0 saturated heterocycles. The van der Waals surface area contributed by atoms with Gasteiger partial charge in [0.25, 0.3) is 0 Å². The molecule has 13 heteroatoms. The second-order valence-corrected chi connectivity index (χ2v) is 9.02. The molecule has 1 heterocycles. The van der Waals surface area contributed by atoms with Gasteiger partial charge in [-0.1, -0.05) is 0 Å². The molecule has 1 aliphatic heterocycles. The largest absolute Gasteiger partial charge is 0.416 e. The van der Waals surface area contributed by atoms with E-state index in [4.69, 9.17) is 5.73 Å². The summed E-state index contributed by atoms with van der Waals surface area (Å²) in [5.41, 5.74) is 1.14. The Morgan fingerprint density at radius 2 is 1.42 bits per heavy atom. The summed E-state index contributed by atoms with van der Waals surface area (Å²) in [4.78, 5) is 13.2. The molecule has 196 valence electrons. The second kappa shape index (κ2) is 8.77. The smallest absolute Gasteiger partial charge is 0.382 e. The number of benzene rings is 2. The van der Waals surface area contributed by atoms with Crippen molar-refractivity contribution in [3.8, 4) is 0 Å². The Labute approximate surface area is 199 Å². The van der Waals surface area contributed by atoms with Crippen LogP contribution in [0.15, 0.2) is 36.4 Å². The molecule has 2 aromatic rings. The van der Waals surface area contributed by atoms with Crippen LogP contribution in [0, 0.1) is 5.92 Å². The molecule has 3 N–H and O–H groups in total. The molecule has 0 aromatic heterocycles. The molecule has 4 nitrogen and oxygen atoms in total. The number of hydrogen-bond donors (Lipinski definition) is 2. The predicted molar refractivity (Wildman–Crippen MR) is 111 cm³/mol. The van der Waals surface area contributed by atoms with Gasteiger partial charge in [-0.25, -0.2) is 4.79 Å². The maximum atomic E-state index is 13.4. The SMILES string of the molecule is NC(=O)N(Cc1cc(C(F)(F)F)cc(C(F)(F)F)c1)[C@H]1C[C@@H](C2CC2)Nc2ccc(C(F)(F)F)cc21. The molecule has 1 aliphatic carbocycles. The van der Waals surface area contributed by atoms with Gasteiger partial charge < -0.3 is 16.0 Å². The predicted octanol–water partition coefficient (Wildman–Crippen LogP) is 6.96. The summed E-state index contributed by atoms with van der Waals surface area (Å²) in [5.74, 6) is 0.169. The average molecular weight is 525 g/mol. The minimum Gasteiger partial charge on any atom is -0.382 e. The van der Waals surface area contributed by atoms with Crippen molar-refractivity contribution in [2.45, 2.75) is 56.4 Å². The number of alkyl halides is 9. The lowest BCUT2D eigenvalue weighted by Crippen LogP contribution is -2.43. The van der Waals surface area contributed by atoms with E-state index in [9.17, 15) is 44.3 Å². The lowest BCUT2D eigenvalue weighted by Gasteiger charge is -2.39. The zero-order valence-electron chi connectivity index (χ0n) is 18.4. The molecule has 0 unspecified atom stereocenters. The number of carbonyl (C=O) groups excluding carboxylic acids is 1. The highest BCUT2D eigenvalue weighted by atomic mass is 19.4. The van der Waals surface area contributed by atoms with Gasteiger partial charge >= 0.3 is 24.6 Å². The minimum atomic E-state index is -5.10. The lowest BCUT2D eigenvalue weighted by atomic mass is 9.88. The number of urea groups is 1. The number of nitrogens with one attached hydrogen (secondary N) is 1. The lowest BCUT2D eigenvalue weighted by molar-refractivity contribution is -0.143. The highest BCUT2D eigenvalue weighted by Gasteiger charge is 2.42. The van der Waals surface area contributed by atoms with E-state index in [-0.39, 0.29) is 30.0 Å². The van der Waals surface area contributed by atoms with Gasteiger partial charge in [0.2, 0.25) is 0 Å². The molecule has 0 bridgehead atoms. The minimum absolute atomic E-state index is 0.0311. The number of nitrogens with zero attached hydrogens (tertiary/aromatic N) is 1. The van der Waals surface area contributed by atoms with E-state index >= 15 is 0 Å². The van der Waals surface area contributed by atoms with Gasteiger partial charge in [-0.3, -0.25) is 0 Å². The summed E-state index contributed by atoms with van der Waals surface area (Å²) in [5, 5.41) is 3.14. The van der Waals surface area contributed by atoms with Crippen molar-refractivity contribution < 1.29 is 44.3 Å². The van der Waals surface area contributed by atoms with E-state index in [2.05, 4.69) is 5.32 Å². The van der Waals surface area contributed by atoms with Crippen molar-refractivity contribution in [1.82, 2.24) is 4.90 Å². The van der Waals surface area contributed by atoms with Crippen LogP contribution in [0.4, 0.5) is 50.0 Å². The number of fused-ring (bicyclic) bond motifs is 1. The Hall–Kier alpha value is -3.12. The zero-order valence-corrected chi connectivity index (χ0v) is 18.4. The number of anilines is 1.